The molecule has 2 N–H and O–H groups in total. The van der Waals surface area contributed by atoms with Gasteiger partial charge in [0.1, 0.15) is 5.82 Å². The summed E-state index contributed by atoms with van der Waals surface area (Å²) < 4.78 is 12.7. The minimum atomic E-state index is -0.517. The van der Waals surface area contributed by atoms with Crippen LogP contribution in [0.15, 0.2) is 54.6 Å². The van der Waals surface area contributed by atoms with E-state index in [1.54, 1.807) is 6.08 Å². The first kappa shape index (κ1) is 15.4. The second-order valence-corrected chi connectivity index (χ2v) is 4.69. The third kappa shape index (κ3) is 4.56. The van der Waals surface area contributed by atoms with Crippen molar-refractivity contribution in [2.45, 2.75) is 6.92 Å². The van der Waals surface area contributed by atoms with Crippen LogP contribution in [-0.2, 0) is 4.79 Å². The minimum absolute atomic E-state index is 0.254. The third-order valence-electron chi connectivity index (χ3n) is 2.91. The molecule has 0 aliphatic carbocycles. The molecule has 2 aromatic rings. The molecule has 0 aliphatic heterocycles. The van der Waals surface area contributed by atoms with Crippen LogP contribution in [-0.4, -0.2) is 11.8 Å². The summed E-state index contributed by atoms with van der Waals surface area (Å²) in [6.07, 6.45) is 2.95. The lowest BCUT2D eigenvalue weighted by Crippen LogP contribution is -2.40. The van der Waals surface area contributed by atoms with E-state index in [4.69, 9.17) is 0 Å². The molecule has 4 nitrogen and oxygen atoms in total. The highest BCUT2D eigenvalue weighted by molar-refractivity contribution is 5.97. The van der Waals surface area contributed by atoms with Gasteiger partial charge in [0, 0.05) is 11.6 Å². The predicted octanol–water partition coefficient (Wildman–Crippen LogP) is 2.61. The Bertz CT molecular complexity index is 692. The normalized spacial score (nSPS) is 10.5. The molecule has 0 aromatic heterocycles. The van der Waals surface area contributed by atoms with Gasteiger partial charge in [0.25, 0.3) is 11.8 Å². The first-order valence-corrected chi connectivity index (χ1v) is 6.65. The van der Waals surface area contributed by atoms with Crippen LogP contribution in [0.1, 0.15) is 21.5 Å². The number of carbonyl (C=O) groups excluding carboxylic acids is 2. The molecular weight excluding hydrogens is 283 g/mol. The van der Waals surface area contributed by atoms with E-state index in [2.05, 4.69) is 10.9 Å². The lowest BCUT2D eigenvalue weighted by Gasteiger charge is -2.05. The van der Waals surface area contributed by atoms with Crippen LogP contribution in [0, 0.1) is 12.7 Å². The maximum absolute atomic E-state index is 12.7. The Kier molecular flexibility index (Phi) is 5.03. The molecule has 0 atom stereocenters. The van der Waals surface area contributed by atoms with Crippen molar-refractivity contribution in [2.75, 3.05) is 0 Å². The molecule has 0 radical (unpaired) electrons. The number of benzene rings is 2. The summed E-state index contributed by atoms with van der Waals surface area (Å²) >= 11 is 0. The molecule has 0 bridgehead atoms. The first-order valence-electron chi connectivity index (χ1n) is 6.65. The van der Waals surface area contributed by atoms with E-state index in [1.807, 2.05) is 31.2 Å². The molecule has 0 saturated carbocycles. The number of aryl methyl sites for hydroxylation is 1. The van der Waals surface area contributed by atoms with E-state index >= 15 is 0 Å². The largest absolute Gasteiger partial charge is 0.269 e. The van der Waals surface area contributed by atoms with Gasteiger partial charge >= 0.3 is 0 Å². The van der Waals surface area contributed by atoms with Crippen LogP contribution < -0.4 is 10.9 Å². The Balaban J connectivity index is 1.86. The number of amides is 2. The van der Waals surface area contributed by atoms with Crippen LogP contribution in [0.5, 0.6) is 0 Å². The lowest BCUT2D eigenvalue weighted by atomic mass is 10.1. The molecular formula is C17H15FN2O2. The van der Waals surface area contributed by atoms with Crippen LogP contribution in [0.25, 0.3) is 6.08 Å². The number of nitrogens with one attached hydrogen (secondary N) is 2. The van der Waals surface area contributed by atoms with E-state index in [9.17, 15) is 14.0 Å². The minimum Gasteiger partial charge on any atom is -0.268 e. The van der Waals surface area contributed by atoms with Gasteiger partial charge in [-0.1, -0.05) is 29.8 Å². The molecule has 0 saturated heterocycles. The summed E-state index contributed by atoms with van der Waals surface area (Å²) in [6.45, 7) is 1.98. The average Bonchev–Trinajstić information content (AvgIpc) is 2.52. The van der Waals surface area contributed by atoms with Gasteiger partial charge in [-0.2, -0.15) is 0 Å². The van der Waals surface area contributed by atoms with Crippen molar-refractivity contribution >= 4 is 17.9 Å². The number of halogens is 1. The quantitative estimate of drug-likeness (QED) is 0.676. The van der Waals surface area contributed by atoms with Crippen molar-refractivity contribution in [3.05, 3.63) is 77.1 Å². The zero-order chi connectivity index (χ0) is 15.9. The lowest BCUT2D eigenvalue weighted by molar-refractivity contribution is -0.117. The fraction of sp³-hybridized carbons (Fsp3) is 0.0588. The Morgan fingerprint density at radius 3 is 2.23 bits per heavy atom. The van der Waals surface area contributed by atoms with Crippen molar-refractivity contribution in [3.8, 4) is 0 Å². The zero-order valence-corrected chi connectivity index (χ0v) is 12.0. The van der Waals surface area contributed by atoms with Crippen molar-refractivity contribution in [2.24, 2.45) is 0 Å². The maximum Gasteiger partial charge on any atom is 0.269 e. The molecule has 5 heteroatoms. The summed E-state index contributed by atoms with van der Waals surface area (Å²) in [4.78, 5) is 23.3. The fourth-order valence-electron chi connectivity index (χ4n) is 1.68. The fourth-order valence-corrected chi connectivity index (χ4v) is 1.68. The molecule has 0 fully saturated rings. The molecule has 22 heavy (non-hydrogen) atoms. The molecule has 0 unspecified atom stereocenters. The van der Waals surface area contributed by atoms with Gasteiger partial charge < -0.3 is 0 Å². The number of hydrogen-bond donors (Lipinski definition) is 2. The van der Waals surface area contributed by atoms with Gasteiger partial charge in [0.05, 0.1) is 0 Å². The van der Waals surface area contributed by atoms with Crippen molar-refractivity contribution in [1.29, 1.82) is 0 Å². The van der Waals surface area contributed by atoms with Crippen molar-refractivity contribution in [1.82, 2.24) is 10.9 Å². The molecule has 0 spiro atoms. The summed E-state index contributed by atoms with van der Waals surface area (Å²) in [5.41, 5.74) is 6.78. The van der Waals surface area contributed by atoms with Gasteiger partial charge in [-0.3, -0.25) is 20.4 Å². The highest BCUT2D eigenvalue weighted by atomic mass is 19.1. The number of hydrogen-bond acceptors (Lipinski definition) is 2. The van der Waals surface area contributed by atoms with Crippen LogP contribution in [0.4, 0.5) is 4.39 Å². The second kappa shape index (κ2) is 7.17. The topological polar surface area (TPSA) is 58.2 Å². The zero-order valence-electron chi connectivity index (χ0n) is 12.0. The molecule has 0 heterocycles. The van der Waals surface area contributed by atoms with E-state index in [0.29, 0.717) is 0 Å². The van der Waals surface area contributed by atoms with Crippen LogP contribution >= 0.6 is 0 Å². The summed E-state index contributed by atoms with van der Waals surface area (Å²) in [5.74, 6) is -1.41. The highest BCUT2D eigenvalue weighted by Gasteiger charge is 2.05. The maximum atomic E-state index is 12.7. The van der Waals surface area contributed by atoms with Crippen LogP contribution in [0.3, 0.4) is 0 Å². The third-order valence-corrected chi connectivity index (χ3v) is 2.91. The van der Waals surface area contributed by atoms with E-state index in [1.165, 1.54) is 30.3 Å². The van der Waals surface area contributed by atoms with Crippen LogP contribution in [0.2, 0.25) is 0 Å². The van der Waals surface area contributed by atoms with Gasteiger partial charge in [-0.15, -0.1) is 0 Å². The molecule has 112 valence electrons. The monoisotopic (exact) mass is 298 g/mol. The summed E-state index contributed by atoms with van der Waals surface area (Å²) in [5, 5.41) is 0. The Labute approximate surface area is 127 Å². The Morgan fingerprint density at radius 2 is 1.59 bits per heavy atom. The second-order valence-electron chi connectivity index (χ2n) is 4.69. The smallest absolute Gasteiger partial charge is 0.268 e. The Morgan fingerprint density at radius 1 is 0.955 bits per heavy atom. The first-order chi connectivity index (χ1) is 10.5. The SMILES string of the molecule is Cc1ccc(/C=C/C(=O)NNC(=O)c2ccc(F)cc2)cc1. The number of carbonyl (C=O) groups is 2. The van der Waals surface area contributed by atoms with E-state index < -0.39 is 17.6 Å². The van der Waals surface area contributed by atoms with E-state index in [0.717, 1.165) is 11.1 Å². The molecule has 0 aliphatic rings. The molecule has 2 aromatic carbocycles. The van der Waals surface area contributed by atoms with Gasteiger partial charge in [-0.05, 0) is 42.8 Å². The van der Waals surface area contributed by atoms with Crippen molar-refractivity contribution < 1.29 is 14.0 Å². The van der Waals surface area contributed by atoms with Gasteiger partial charge in [-0.25, -0.2) is 4.39 Å². The Hall–Kier alpha value is -2.95. The van der Waals surface area contributed by atoms with Crippen molar-refractivity contribution in [3.63, 3.8) is 0 Å². The average molecular weight is 298 g/mol. The van der Waals surface area contributed by atoms with E-state index in [-0.39, 0.29) is 5.56 Å². The summed E-state index contributed by atoms with van der Waals surface area (Å²) in [6, 6.07) is 12.7. The van der Waals surface area contributed by atoms with Gasteiger partial charge in [0.15, 0.2) is 0 Å². The number of rotatable bonds is 3. The molecule has 2 rings (SSSR count). The standard InChI is InChI=1S/C17H15FN2O2/c1-12-2-4-13(5-3-12)6-11-16(21)19-20-17(22)14-7-9-15(18)10-8-14/h2-11H,1H3,(H,19,21)(H,20,22)/b11-6+. The van der Waals surface area contributed by atoms with Gasteiger partial charge in [0.2, 0.25) is 0 Å². The predicted molar refractivity (Wildman–Crippen MR) is 82.2 cm³/mol. The highest BCUT2D eigenvalue weighted by Crippen LogP contribution is 2.04. The molecule has 2 amide bonds. The summed E-state index contributed by atoms with van der Waals surface area (Å²) in [7, 11) is 0. The number of hydrazine groups is 1.